The molecule has 1 aromatic heterocycles. The molecule has 2 aromatic rings. The second-order valence-corrected chi connectivity index (χ2v) is 3.90. The Morgan fingerprint density at radius 3 is 2.67 bits per heavy atom. The molecule has 0 saturated carbocycles. The van der Waals surface area contributed by atoms with Gasteiger partial charge in [0.05, 0.1) is 17.6 Å². The lowest BCUT2D eigenvalue weighted by Gasteiger charge is -2.03. The van der Waals surface area contributed by atoms with Gasteiger partial charge in [-0.05, 0) is 26.0 Å². The number of hydrogen-bond donors (Lipinski definition) is 2. The zero-order valence-electron chi connectivity index (χ0n) is 10.3. The molecule has 0 amide bonds. The maximum Gasteiger partial charge on any atom is 0.345 e. The van der Waals surface area contributed by atoms with Gasteiger partial charge in [0, 0.05) is 11.3 Å². The minimum atomic E-state index is -0.335. The van der Waals surface area contributed by atoms with Crippen LogP contribution in [0.2, 0.25) is 0 Å². The average molecular weight is 242 g/mol. The smallest absolute Gasteiger partial charge is 0.309 e. The highest BCUT2D eigenvalue weighted by atomic mass is 16.1. The van der Waals surface area contributed by atoms with Crippen LogP contribution in [0.1, 0.15) is 17.0 Å². The SMILES string of the molecule is Cc1nc(=O)[nH]c(C)c1/C=N\Nc1ccccc1. The summed E-state index contributed by atoms with van der Waals surface area (Å²) in [5.74, 6) is 0. The number of nitrogens with one attached hydrogen (secondary N) is 2. The molecule has 5 nitrogen and oxygen atoms in total. The monoisotopic (exact) mass is 242 g/mol. The normalized spacial score (nSPS) is 10.8. The molecule has 92 valence electrons. The zero-order chi connectivity index (χ0) is 13.0. The standard InChI is InChI=1S/C13H14N4O/c1-9-12(10(2)16-13(18)15-9)8-14-17-11-6-4-3-5-7-11/h3-8,17H,1-2H3,(H,15,16,18)/b14-8-. The van der Waals surface area contributed by atoms with Crippen LogP contribution in [0.25, 0.3) is 0 Å². The van der Waals surface area contributed by atoms with E-state index in [1.165, 1.54) is 0 Å². The summed E-state index contributed by atoms with van der Waals surface area (Å²) in [5.41, 5.74) is 5.72. The summed E-state index contributed by atoms with van der Waals surface area (Å²) >= 11 is 0. The van der Waals surface area contributed by atoms with Gasteiger partial charge in [-0.25, -0.2) is 4.79 Å². The molecule has 0 aliphatic carbocycles. The fraction of sp³-hybridized carbons (Fsp3) is 0.154. The van der Waals surface area contributed by atoms with Crippen molar-refractivity contribution >= 4 is 11.9 Å². The molecule has 18 heavy (non-hydrogen) atoms. The third-order valence-corrected chi connectivity index (χ3v) is 2.52. The van der Waals surface area contributed by atoms with Gasteiger partial charge in [0.1, 0.15) is 0 Å². The lowest BCUT2D eigenvalue weighted by molar-refractivity contribution is 0.981. The predicted molar refractivity (Wildman–Crippen MR) is 72.0 cm³/mol. The van der Waals surface area contributed by atoms with E-state index < -0.39 is 0 Å². The van der Waals surface area contributed by atoms with E-state index in [0.29, 0.717) is 5.69 Å². The van der Waals surface area contributed by atoms with Gasteiger partial charge in [0.25, 0.3) is 0 Å². The fourth-order valence-corrected chi connectivity index (χ4v) is 1.61. The van der Waals surface area contributed by atoms with Gasteiger partial charge in [0.2, 0.25) is 0 Å². The van der Waals surface area contributed by atoms with Crippen LogP contribution in [-0.4, -0.2) is 16.2 Å². The summed E-state index contributed by atoms with van der Waals surface area (Å²) in [4.78, 5) is 17.6. The van der Waals surface area contributed by atoms with Gasteiger partial charge in [-0.1, -0.05) is 18.2 Å². The number of nitrogens with zero attached hydrogens (tertiary/aromatic N) is 2. The van der Waals surface area contributed by atoms with E-state index in [9.17, 15) is 4.79 Å². The van der Waals surface area contributed by atoms with Crippen molar-refractivity contribution in [1.82, 2.24) is 9.97 Å². The van der Waals surface area contributed by atoms with Gasteiger partial charge in [-0.3, -0.25) is 5.43 Å². The Morgan fingerprint density at radius 2 is 2.00 bits per heavy atom. The number of rotatable bonds is 3. The number of para-hydroxylation sites is 1. The van der Waals surface area contributed by atoms with Crippen LogP contribution in [0.3, 0.4) is 0 Å². The molecule has 5 heteroatoms. The van der Waals surface area contributed by atoms with Crippen molar-refractivity contribution in [2.45, 2.75) is 13.8 Å². The summed E-state index contributed by atoms with van der Waals surface area (Å²) in [7, 11) is 0. The lowest BCUT2D eigenvalue weighted by atomic mass is 10.2. The van der Waals surface area contributed by atoms with Gasteiger partial charge in [-0.15, -0.1) is 0 Å². The van der Waals surface area contributed by atoms with Crippen LogP contribution in [0, 0.1) is 13.8 Å². The Labute approximate surface area is 105 Å². The maximum absolute atomic E-state index is 11.1. The molecule has 1 heterocycles. The maximum atomic E-state index is 11.1. The van der Waals surface area contributed by atoms with E-state index in [4.69, 9.17) is 0 Å². The van der Waals surface area contributed by atoms with Crippen LogP contribution in [0.15, 0.2) is 40.2 Å². The topological polar surface area (TPSA) is 70.1 Å². The van der Waals surface area contributed by atoms with Crippen molar-refractivity contribution in [3.63, 3.8) is 0 Å². The average Bonchev–Trinajstić information content (AvgIpc) is 2.34. The highest BCUT2D eigenvalue weighted by Gasteiger charge is 2.02. The highest BCUT2D eigenvalue weighted by molar-refractivity contribution is 5.82. The van der Waals surface area contributed by atoms with E-state index >= 15 is 0 Å². The molecule has 0 aliphatic heterocycles. The number of aromatic nitrogens is 2. The molecule has 0 atom stereocenters. The summed E-state index contributed by atoms with van der Waals surface area (Å²) in [6.45, 7) is 3.60. The molecule has 1 aromatic carbocycles. The summed E-state index contributed by atoms with van der Waals surface area (Å²) in [5, 5.41) is 4.13. The molecular formula is C13H14N4O. The summed E-state index contributed by atoms with van der Waals surface area (Å²) in [6, 6.07) is 9.63. The van der Waals surface area contributed by atoms with Gasteiger partial charge in [0.15, 0.2) is 0 Å². The van der Waals surface area contributed by atoms with Gasteiger partial charge >= 0.3 is 5.69 Å². The Balaban J connectivity index is 2.17. The van der Waals surface area contributed by atoms with Crippen molar-refractivity contribution in [3.05, 3.63) is 57.8 Å². The van der Waals surface area contributed by atoms with E-state index in [2.05, 4.69) is 20.5 Å². The number of hydrazone groups is 1. The molecule has 0 unspecified atom stereocenters. The largest absolute Gasteiger partial charge is 0.345 e. The van der Waals surface area contributed by atoms with Crippen molar-refractivity contribution in [2.24, 2.45) is 5.10 Å². The number of aromatic amines is 1. The fourth-order valence-electron chi connectivity index (χ4n) is 1.61. The summed E-state index contributed by atoms with van der Waals surface area (Å²) in [6.07, 6.45) is 1.65. The molecular weight excluding hydrogens is 228 g/mol. The first-order valence-electron chi connectivity index (χ1n) is 5.58. The van der Waals surface area contributed by atoms with Crippen LogP contribution < -0.4 is 11.1 Å². The number of anilines is 1. The van der Waals surface area contributed by atoms with Crippen LogP contribution in [-0.2, 0) is 0 Å². The van der Waals surface area contributed by atoms with E-state index in [1.54, 1.807) is 13.1 Å². The highest BCUT2D eigenvalue weighted by Crippen LogP contribution is 2.06. The van der Waals surface area contributed by atoms with E-state index in [0.717, 1.165) is 16.9 Å². The Morgan fingerprint density at radius 1 is 1.28 bits per heavy atom. The first-order chi connectivity index (χ1) is 8.66. The predicted octanol–water partition coefficient (Wildman–Crippen LogP) is 1.83. The zero-order valence-corrected chi connectivity index (χ0v) is 10.3. The minimum absolute atomic E-state index is 0.335. The third-order valence-electron chi connectivity index (χ3n) is 2.52. The van der Waals surface area contributed by atoms with Crippen molar-refractivity contribution in [3.8, 4) is 0 Å². The Kier molecular flexibility index (Phi) is 3.52. The van der Waals surface area contributed by atoms with Crippen LogP contribution >= 0.6 is 0 Å². The van der Waals surface area contributed by atoms with Crippen LogP contribution in [0.5, 0.6) is 0 Å². The van der Waals surface area contributed by atoms with E-state index in [-0.39, 0.29) is 5.69 Å². The van der Waals surface area contributed by atoms with Crippen LogP contribution in [0.4, 0.5) is 5.69 Å². The first-order valence-corrected chi connectivity index (χ1v) is 5.58. The quantitative estimate of drug-likeness (QED) is 0.637. The minimum Gasteiger partial charge on any atom is -0.309 e. The second-order valence-electron chi connectivity index (χ2n) is 3.90. The van der Waals surface area contributed by atoms with Crippen molar-refractivity contribution < 1.29 is 0 Å². The third kappa shape index (κ3) is 2.82. The number of hydrogen-bond acceptors (Lipinski definition) is 4. The molecule has 0 spiro atoms. The van der Waals surface area contributed by atoms with Gasteiger partial charge < -0.3 is 4.98 Å². The molecule has 2 N–H and O–H groups in total. The lowest BCUT2D eigenvalue weighted by Crippen LogP contribution is -2.15. The molecule has 0 aliphatic rings. The second kappa shape index (κ2) is 5.27. The molecule has 0 radical (unpaired) electrons. The van der Waals surface area contributed by atoms with Gasteiger partial charge in [-0.2, -0.15) is 10.1 Å². The number of benzene rings is 1. The molecule has 0 fully saturated rings. The Hall–Kier alpha value is -2.43. The molecule has 0 saturated heterocycles. The number of aryl methyl sites for hydroxylation is 2. The Bertz CT molecular complexity index is 590. The number of H-pyrrole nitrogens is 1. The summed E-state index contributed by atoms with van der Waals surface area (Å²) < 4.78 is 0. The first kappa shape index (κ1) is 12.0. The van der Waals surface area contributed by atoms with Crippen molar-refractivity contribution in [1.29, 1.82) is 0 Å². The molecule has 2 rings (SSSR count). The van der Waals surface area contributed by atoms with Crippen molar-refractivity contribution in [2.75, 3.05) is 5.43 Å². The van der Waals surface area contributed by atoms with E-state index in [1.807, 2.05) is 37.3 Å². The molecule has 0 bridgehead atoms.